The summed E-state index contributed by atoms with van der Waals surface area (Å²) in [4.78, 5) is 13.5. The van der Waals surface area contributed by atoms with Crippen molar-refractivity contribution in [3.8, 4) is 0 Å². The summed E-state index contributed by atoms with van der Waals surface area (Å²) in [5.41, 5.74) is 1.82. The Morgan fingerprint density at radius 3 is 2.72 bits per heavy atom. The summed E-state index contributed by atoms with van der Waals surface area (Å²) < 4.78 is 0.862. The molecule has 1 rings (SSSR count). The Hall–Kier alpha value is -1.07. The van der Waals surface area contributed by atoms with E-state index < -0.39 is 0 Å². The van der Waals surface area contributed by atoms with Gasteiger partial charge < -0.3 is 15.3 Å². The number of hydrogen-bond donors (Lipinski definition) is 2. The zero-order valence-electron chi connectivity index (χ0n) is 10.7. The molecule has 18 heavy (non-hydrogen) atoms. The monoisotopic (exact) mass is 314 g/mol. The first-order chi connectivity index (χ1) is 8.62. The van der Waals surface area contributed by atoms with Gasteiger partial charge in [-0.3, -0.25) is 4.79 Å². The molecular formula is C13H19BrN2O2. The van der Waals surface area contributed by atoms with Crippen LogP contribution in [0.4, 0.5) is 5.69 Å². The maximum absolute atomic E-state index is 11.5. The maximum atomic E-state index is 11.5. The molecule has 0 aliphatic rings. The Morgan fingerprint density at radius 1 is 1.50 bits per heavy atom. The van der Waals surface area contributed by atoms with Crippen molar-refractivity contribution in [2.45, 2.75) is 20.0 Å². The minimum atomic E-state index is -0.00851. The van der Waals surface area contributed by atoms with Crippen molar-refractivity contribution >= 4 is 27.5 Å². The van der Waals surface area contributed by atoms with Crippen LogP contribution in [0, 0.1) is 0 Å². The molecule has 0 fully saturated rings. The van der Waals surface area contributed by atoms with Crippen LogP contribution in [-0.2, 0) is 11.4 Å². The van der Waals surface area contributed by atoms with Gasteiger partial charge in [-0.1, -0.05) is 28.9 Å². The van der Waals surface area contributed by atoms with Gasteiger partial charge in [0, 0.05) is 23.8 Å². The first kappa shape index (κ1) is 15.0. The van der Waals surface area contributed by atoms with Crippen molar-refractivity contribution in [3.63, 3.8) is 0 Å². The highest BCUT2D eigenvalue weighted by Crippen LogP contribution is 2.24. The second kappa shape index (κ2) is 7.38. The third-order valence-electron chi connectivity index (χ3n) is 2.68. The highest BCUT2D eigenvalue weighted by molar-refractivity contribution is 9.10. The lowest BCUT2D eigenvalue weighted by atomic mass is 10.2. The van der Waals surface area contributed by atoms with E-state index >= 15 is 0 Å². The molecule has 0 radical (unpaired) electrons. The van der Waals surface area contributed by atoms with Crippen LogP contribution in [0.25, 0.3) is 0 Å². The number of benzene rings is 1. The predicted molar refractivity (Wildman–Crippen MR) is 76.6 cm³/mol. The fourth-order valence-electron chi connectivity index (χ4n) is 1.68. The van der Waals surface area contributed by atoms with Gasteiger partial charge >= 0.3 is 0 Å². The number of hydrogen-bond acceptors (Lipinski definition) is 3. The molecular weight excluding hydrogens is 296 g/mol. The Balaban J connectivity index is 2.91. The summed E-state index contributed by atoms with van der Waals surface area (Å²) >= 11 is 3.42. The fourth-order valence-corrected chi connectivity index (χ4v) is 2.18. The van der Waals surface area contributed by atoms with Gasteiger partial charge in [0.2, 0.25) is 5.91 Å². The first-order valence-electron chi connectivity index (χ1n) is 5.97. The molecule has 1 aromatic carbocycles. The van der Waals surface area contributed by atoms with Crippen LogP contribution >= 0.6 is 15.9 Å². The lowest BCUT2D eigenvalue weighted by Crippen LogP contribution is -2.36. The summed E-state index contributed by atoms with van der Waals surface area (Å²) in [7, 11) is 1.64. The first-order valence-corrected chi connectivity index (χ1v) is 6.76. The highest BCUT2D eigenvalue weighted by atomic mass is 79.9. The summed E-state index contributed by atoms with van der Waals surface area (Å²) in [6, 6.07) is 5.73. The number of amides is 1. The molecule has 0 heterocycles. The molecule has 2 N–H and O–H groups in total. The SMILES string of the molecule is CCCN(CC(=O)NC)c1ccc(CO)c(Br)c1. The molecule has 0 spiro atoms. The van der Waals surface area contributed by atoms with E-state index in [1.807, 2.05) is 23.1 Å². The van der Waals surface area contributed by atoms with E-state index in [9.17, 15) is 4.79 Å². The second-order valence-corrected chi connectivity index (χ2v) is 4.88. The van der Waals surface area contributed by atoms with Crippen LogP contribution in [0.1, 0.15) is 18.9 Å². The van der Waals surface area contributed by atoms with Gasteiger partial charge in [-0.05, 0) is 24.1 Å². The molecule has 1 aromatic rings. The Morgan fingerprint density at radius 2 is 2.22 bits per heavy atom. The normalized spacial score (nSPS) is 10.2. The molecule has 0 aromatic heterocycles. The lowest BCUT2D eigenvalue weighted by molar-refractivity contribution is -0.119. The van der Waals surface area contributed by atoms with Crippen LogP contribution in [0.3, 0.4) is 0 Å². The van der Waals surface area contributed by atoms with Gasteiger partial charge in [0.25, 0.3) is 0 Å². The summed E-state index contributed by atoms with van der Waals surface area (Å²) in [5, 5.41) is 11.8. The molecule has 5 heteroatoms. The van der Waals surface area contributed by atoms with Crippen LogP contribution < -0.4 is 10.2 Å². The number of rotatable bonds is 6. The minimum absolute atomic E-state index is 0.00405. The van der Waals surface area contributed by atoms with Crippen LogP contribution in [-0.4, -0.2) is 31.2 Å². The number of carbonyl (C=O) groups excluding carboxylic acids is 1. The van der Waals surface area contributed by atoms with Gasteiger partial charge in [-0.25, -0.2) is 0 Å². The number of aliphatic hydroxyl groups is 1. The Kier molecular flexibility index (Phi) is 6.15. The Labute approximate surface area is 116 Å². The van der Waals surface area contributed by atoms with E-state index in [2.05, 4.69) is 28.2 Å². The zero-order chi connectivity index (χ0) is 13.5. The predicted octanol–water partition coefficient (Wildman–Crippen LogP) is 1.90. The molecule has 0 aliphatic heterocycles. The number of aliphatic hydroxyl groups excluding tert-OH is 1. The van der Waals surface area contributed by atoms with Gasteiger partial charge in [0.1, 0.15) is 0 Å². The molecule has 100 valence electrons. The van der Waals surface area contributed by atoms with E-state index in [1.165, 1.54) is 0 Å². The van der Waals surface area contributed by atoms with Crippen LogP contribution in [0.5, 0.6) is 0 Å². The highest BCUT2D eigenvalue weighted by Gasteiger charge is 2.11. The topological polar surface area (TPSA) is 52.6 Å². The van der Waals surface area contributed by atoms with Gasteiger partial charge in [-0.2, -0.15) is 0 Å². The molecule has 0 saturated carbocycles. The average molecular weight is 315 g/mol. The van der Waals surface area contributed by atoms with E-state index in [4.69, 9.17) is 5.11 Å². The fraction of sp³-hybridized carbons (Fsp3) is 0.462. The lowest BCUT2D eigenvalue weighted by Gasteiger charge is -2.24. The summed E-state index contributed by atoms with van der Waals surface area (Å²) in [6.45, 7) is 3.24. The van der Waals surface area contributed by atoms with E-state index in [-0.39, 0.29) is 12.5 Å². The molecule has 0 unspecified atom stereocenters. The number of nitrogens with zero attached hydrogens (tertiary/aromatic N) is 1. The van der Waals surface area contributed by atoms with Crippen molar-refractivity contribution in [1.82, 2.24) is 5.32 Å². The zero-order valence-corrected chi connectivity index (χ0v) is 12.3. The van der Waals surface area contributed by atoms with Crippen LogP contribution in [0.2, 0.25) is 0 Å². The van der Waals surface area contributed by atoms with Crippen LogP contribution in [0.15, 0.2) is 22.7 Å². The standard InChI is InChI=1S/C13H19BrN2O2/c1-3-6-16(8-13(18)15-2)11-5-4-10(9-17)12(14)7-11/h4-5,7,17H,3,6,8-9H2,1-2H3,(H,15,18). The molecule has 1 amide bonds. The second-order valence-electron chi connectivity index (χ2n) is 4.03. The van der Waals surface area contributed by atoms with Crippen molar-refractivity contribution in [2.24, 2.45) is 0 Å². The minimum Gasteiger partial charge on any atom is -0.392 e. The summed E-state index contributed by atoms with van der Waals surface area (Å²) in [6.07, 6.45) is 0.969. The quantitative estimate of drug-likeness (QED) is 0.843. The summed E-state index contributed by atoms with van der Waals surface area (Å²) in [5.74, 6) is -0.00851. The van der Waals surface area contributed by atoms with Crippen molar-refractivity contribution < 1.29 is 9.90 Å². The number of carbonyl (C=O) groups is 1. The smallest absolute Gasteiger partial charge is 0.239 e. The maximum Gasteiger partial charge on any atom is 0.239 e. The Bertz CT molecular complexity index is 410. The molecule has 0 aliphatic carbocycles. The number of likely N-dealkylation sites (N-methyl/N-ethyl adjacent to an activating group) is 1. The van der Waals surface area contributed by atoms with Gasteiger partial charge in [0.15, 0.2) is 0 Å². The number of halogens is 1. The molecule has 0 bridgehead atoms. The van der Waals surface area contributed by atoms with Crippen molar-refractivity contribution in [1.29, 1.82) is 0 Å². The van der Waals surface area contributed by atoms with Crippen molar-refractivity contribution in [3.05, 3.63) is 28.2 Å². The molecule has 4 nitrogen and oxygen atoms in total. The van der Waals surface area contributed by atoms with E-state index in [0.29, 0.717) is 6.54 Å². The third-order valence-corrected chi connectivity index (χ3v) is 3.42. The third kappa shape index (κ3) is 3.99. The van der Waals surface area contributed by atoms with E-state index in [0.717, 1.165) is 28.7 Å². The number of anilines is 1. The van der Waals surface area contributed by atoms with Gasteiger partial charge in [-0.15, -0.1) is 0 Å². The number of nitrogens with one attached hydrogen (secondary N) is 1. The van der Waals surface area contributed by atoms with E-state index in [1.54, 1.807) is 7.05 Å². The van der Waals surface area contributed by atoms with Gasteiger partial charge in [0.05, 0.1) is 13.2 Å². The molecule has 0 saturated heterocycles. The largest absolute Gasteiger partial charge is 0.392 e. The molecule has 0 atom stereocenters. The average Bonchev–Trinajstić information content (AvgIpc) is 2.38. The van der Waals surface area contributed by atoms with Crippen molar-refractivity contribution in [2.75, 3.05) is 25.0 Å².